The monoisotopic (exact) mass is 446 g/mol. The van der Waals surface area contributed by atoms with Crippen LogP contribution in [-0.4, -0.2) is 5.91 Å². The smallest absolute Gasteiger partial charge is 0.266 e. The fraction of sp³-hybridized carbons (Fsp3) is 0.0833. The van der Waals surface area contributed by atoms with Crippen molar-refractivity contribution in [2.75, 3.05) is 5.32 Å². The van der Waals surface area contributed by atoms with Crippen LogP contribution in [0, 0.1) is 18.3 Å². The number of nitriles is 1. The van der Waals surface area contributed by atoms with Gasteiger partial charge in [0.15, 0.2) is 0 Å². The lowest BCUT2D eigenvalue weighted by Gasteiger charge is -2.07. The van der Waals surface area contributed by atoms with Crippen molar-refractivity contribution >= 4 is 33.6 Å². The maximum atomic E-state index is 12.4. The van der Waals surface area contributed by atoms with Crippen LogP contribution in [0.5, 0.6) is 5.75 Å². The van der Waals surface area contributed by atoms with Gasteiger partial charge in [-0.25, -0.2) is 0 Å². The van der Waals surface area contributed by atoms with Crippen molar-refractivity contribution in [2.24, 2.45) is 0 Å². The number of rotatable bonds is 6. The van der Waals surface area contributed by atoms with Gasteiger partial charge in [-0.1, -0.05) is 57.9 Å². The van der Waals surface area contributed by atoms with Gasteiger partial charge in [0, 0.05) is 10.2 Å². The average Bonchev–Trinajstić information content (AvgIpc) is 2.74. The molecule has 1 N–H and O–H groups in total. The second-order valence-corrected chi connectivity index (χ2v) is 7.39. The van der Waals surface area contributed by atoms with Crippen LogP contribution in [0.25, 0.3) is 6.08 Å². The highest BCUT2D eigenvalue weighted by atomic mass is 79.9. The first-order chi connectivity index (χ1) is 14.0. The Labute approximate surface area is 178 Å². The number of carbonyl (C=O) groups is 1. The van der Waals surface area contributed by atoms with Gasteiger partial charge < -0.3 is 10.1 Å². The van der Waals surface area contributed by atoms with Crippen LogP contribution in [0.1, 0.15) is 16.7 Å². The van der Waals surface area contributed by atoms with Gasteiger partial charge in [-0.3, -0.25) is 4.79 Å². The van der Waals surface area contributed by atoms with E-state index in [1.807, 2.05) is 73.7 Å². The highest BCUT2D eigenvalue weighted by Gasteiger charge is 2.09. The average molecular weight is 447 g/mol. The highest BCUT2D eigenvalue weighted by Crippen LogP contribution is 2.18. The Bertz CT molecular complexity index is 1050. The zero-order chi connectivity index (χ0) is 20.6. The van der Waals surface area contributed by atoms with Crippen LogP contribution < -0.4 is 10.1 Å². The zero-order valence-electron chi connectivity index (χ0n) is 15.9. The maximum absolute atomic E-state index is 12.4. The van der Waals surface area contributed by atoms with Gasteiger partial charge in [0.05, 0.1) is 0 Å². The van der Waals surface area contributed by atoms with E-state index < -0.39 is 5.91 Å². The molecule has 3 aromatic rings. The number of halogens is 1. The molecule has 0 atom stereocenters. The standard InChI is InChI=1S/C24H19BrN2O2/c1-17-2-10-22(11-3-17)27-24(28)20(15-26)14-18-6-12-23(13-7-18)29-16-19-4-8-21(25)9-5-19/h2-14H,16H2,1H3,(H,27,28)/b20-14+. The van der Waals surface area contributed by atoms with E-state index in [1.54, 1.807) is 18.2 Å². The van der Waals surface area contributed by atoms with Gasteiger partial charge in [0.1, 0.15) is 24.0 Å². The summed E-state index contributed by atoms with van der Waals surface area (Å²) in [5.74, 6) is 0.277. The van der Waals surface area contributed by atoms with E-state index in [9.17, 15) is 10.1 Å². The summed E-state index contributed by atoms with van der Waals surface area (Å²) in [6.07, 6.45) is 1.56. The second kappa shape index (κ2) is 9.72. The molecule has 0 aliphatic carbocycles. The number of nitrogens with one attached hydrogen (secondary N) is 1. The van der Waals surface area contributed by atoms with Crippen molar-refractivity contribution in [3.63, 3.8) is 0 Å². The number of nitrogens with zero attached hydrogens (tertiary/aromatic N) is 1. The Morgan fingerprint density at radius 1 is 1.03 bits per heavy atom. The molecule has 0 unspecified atom stereocenters. The molecule has 0 saturated heterocycles. The zero-order valence-corrected chi connectivity index (χ0v) is 17.4. The van der Waals surface area contributed by atoms with E-state index in [4.69, 9.17) is 4.74 Å². The number of benzene rings is 3. The Morgan fingerprint density at radius 3 is 2.31 bits per heavy atom. The third kappa shape index (κ3) is 6.06. The molecule has 3 aromatic carbocycles. The number of aryl methyl sites for hydroxylation is 1. The molecule has 5 heteroatoms. The molecule has 0 heterocycles. The molecule has 0 fully saturated rings. The fourth-order valence-corrected chi connectivity index (χ4v) is 2.82. The van der Waals surface area contributed by atoms with Crippen LogP contribution in [0.4, 0.5) is 5.69 Å². The highest BCUT2D eigenvalue weighted by molar-refractivity contribution is 9.10. The Balaban J connectivity index is 1.63. The Morgan fingerprint density at radius 2 is 1.69 bits per heavy atom. The van der Waals surface area contributed by atoms with E-state index in [1.165, 1.54) is 0 Å². The molecule has 0 aromatic heterocycles. The van der Waals surface area contributed by atoms with Crippen molar-refractivity contribution in [3.05, 3.63) is 99.5 Å². The minimum absolute atomic E-state index is 0.0362. The predicted molar refractivity (Wildman–Crippen MR) is 118 cm³/mol. The van der Waals surface area contributed by atoms with Crippen molar-refractivity contribution in [2.45, 2.75) is 13.5 Å². The number of hydrogen-bond donors (Lipinski definition) is 1. The molecule has 0 aliphatic rings. The fourth-order valence-electron chi connectivity index (χ4n) is 2.56. The normalized spacial score (nSPS) is 10.9. The van der Waals surface area contributed by atoms with Crippen molar-refractivity contribution < 1.29 is 9.53 Å². The molecular formula is C24H19BrN2O2. The lowest BCUT2D eigenvalue weighted by molar-refractivity contribution is -0.112. The summed E-state index contributed by atoms with van der Waals surface area (Å²) in [7, 11) is 0. The van der Waals surface area contributed by atoms with Gasteiger partial charge >= 0.3 is 0 Å². The maximum Gasteiger partial charge on any atom is 0.266 e. The topological polar surface area (TPSA) is 62.1 Å². The van der Waals surface area contributed by atoms with Crippen LogP contribution in [0.15, 0.2) is 82.8 Å². The Hall–Kier alpha value is -3.36. The number of carbonyl (C=O) groups excluding carboxylic acids is 1. The van der Waals surface area contributed by atoms with Crippen molar-refractivity contribution in [1.29, 1.82) is 5.26 Å². The molecular weight excluding hydrogens is 428 g/mol. The molecule has 0 bridgehead atoms. The van der Waals surface area contributed by atoms with E-state index in [0.29, 0.717) is 18.0 Å². The summed E-state index contributed by atoms with van der Waals surface area (Å²) >= 11 is 3.41. The summed E-state index contributed by atoms with van der Waals surface area (Å²) in [5.41, 5.74) is 3.60. The summed E-state index contributed by atoms with van der Waals surface area (Å²) in [5, 5.41) is 12.1. The molecule has 0 saturated carbocycles. The van der Waals surface area contributed by atoms with E-state index in [2.05, 4.69) is 21.2 Å². The third-order valence-corrected chi connectivity index (χ3v) is 4.71. The second-order valence-electron chi connectivity index (χ2n) is 6.47. The third-order valence-electron chi connectivity index (χ3n) is 4.18. The van der Waals surface area contributed by atoms with E-state index >= 15 is 0 Å². The summed E-state index contributed by atoms with van der Waals surface area (Å²) in [4.78, 5) is 12.4. The summed E-state index contributed by atoms with van der Waals surface area (Å²) in [6, 6.07) is 24.6. The number of anilines is 1. The first-order valence-corrected chi connectivity index (χ1v) is 9.80. The first kappa shape index (κ1) is 20.4. The molecule has 0 radical (unpaired) electrons. The molecule has 0 spiro atoms. The number of hydrogen-bond acceptors (Lipinski definition) is 3. The molecule has 0 aliphatic heterocycles. The van der Waals surface area contributed by atoms with Crippen LogP contribution in [-0.2, 0) is 11.4 Å². The lowest BCUT2D eigenvalue weighted by Crippen LogP contribution is -2.13. The Kier molecular flexibility index (Phi) is 6.83. The summed E-state index contributed by atoms with van der Waals surface area (Å²) < 4.78 is 6.80. The minimum Gasteiger partial charge on any atom is -0.489 e. The largest absolute Gasteiger partial charge is 0.489 e. The summed E-state index contributed by atoms with van der Waals surface area (Å²) in [6.45, 7) is 2.43. The SMILES string of the molecule is Cc1ccc(NC(=O)/C(C#N)=C/c2ccc(OCc3ccc(Br)cc3)cc2)cc1. The van der Waals surface area contributed by atoms with Crippen LogP contribution >= 0.6 is 15.9 Å². The molecule has 4 nitrogen and oxygen atoms in total. The van der Waals surface area contributed by atoms with Crippen molar-refractivity contribution in [3.8, 4) is 11.8 Å². The quantitative estimate of drug-likeness (QED) is 0.379. The van der Waals surface area contributed by atoms with Gasteiger partial charge in [0.2, 0.25) is 0 Å². The predicted octanol–water partition coefficient (Wildman–Crippen LogP) is 5.88. The van der Waals surface area contributed by atoms with Crippen molar-refractivity contribution in [1.82, 2.24) is 0 Å². The van der Waals surface area contributed by atoms with E-state index in [0.717, 1.165) is 21.2 Å². The molecule has 3 rings (SSSR count). The molecule has 29 heavy (non-hydrogen) atoms. The first-order valence-electron chi connectivity index (χ1n) is 9.00. The van der Waals surface area contributed by atoms with Crippen LogP contribution in [0.3, 0.4) is 0 Å². The van der Waals surface area contributed by atoms with Crippen LogP contribution in [0.2, 0.25) is 0 Å². The lowest BCUT2D eigenvalue weighted by atomic mass is 10.1. The number of amides is 1. The molecule has 144 valence electrons. The van der Waals surface area contributed by atoms with Gasteiger partial charge in [-0.15, -0.1) is 0 Å². The van der Waals surface area contributed by atoms with Gasteiger partial charge in [-0.05, 0) is 60.5 Å². The molecule has 1 amide bonds. The number of ether oxygens (including phenoxy) is 1. The van der Waals surface area contributed by atoms with Gasteiger partial charge in [-0.2, -0.15) is 5.26 Å². The van der Waals surface area contributed by atoms with E-state index in [-0.39, 0.29) is 5.57 Å². The minimum atomic E-state index is -0.438. The van der Waals surface area contributed by atoms with Gasteiger partial charge in [0.25, 0.3) is 5.91 Å².